The number of hydrogen-bond acceptors (Lipinski definition) is 3. The summed E-state index contributed by atoms with van der Waals surface area (Å²) in [6.45, 7) is 3.45. The predicted molar refractivity (Wildman–Crippen MR) is 115 cm³/mol. The molecule has 1 heterocycles. The zero-order chi connectivity index (χ0) is 23.0. The van der Waals surface area contributed by atoms with Gasteiger partial charge in [0.2, 0.25) is 0 Å². The zero-order valence-corrected chi connectivity index (χ0v) is 18.8. The van der Waals surface area contributed by atoms with Crippen LogP contribution in [-0.4, -0.2) is 29.7 Å². The first-order valence-electron chi connectivity index (χ1n) is 9.23. The molecule has 0 saturated carbocycles. The largest absolute Gasteiger partial charge is 0.435 e. The van der Waals surface area contributed by atoms with Gasteiger partial charge in [0.25, 0.3) is 11.5 Å². The molecule has 10 heteroatoms. The molecule has 2 atom stereocenters. The SMILES string of the molecule is Cc1cc(C2=NOC(c3cc(Cl)cc(Cl)c3)(C(F)(F)F)C2)ccc1C(=O)NC(C)CCl. The second kappa shape index (κ2) is 8.88. The van der Waals surface area contributed by atoms with Crippen molar-refractivity contribution >= 4 is 46.4 Å². The number of carbonyl (C=O) groups is 1. The van der Waals surface area contributed by atoms with Crippen LogP contribution >= 0.6 is 34.8 Å². The highest BCUT2D eigenvalue weighted by Crippen LogP contribution is 2.49. The molecule has 0 bridgehead atoms. The maximum atomic E-state index is 14.1. The normalized spacial score (nSPS) is 19.5. The predicted octanol–water partition coefficient (Wildman–Crippen LogP) is 6.24. The van der Waals surface area contributed by atoms with Gasteiger partial charge in [-0.2, -0.15) is 13.2 Å². The lowest BCUT2D eigenvalue weighted by Crippen LogP contribution is -2.42. The topological polar surface area (TPSA) is 50.7 Å². The van der Waals surface area contributed by atoms with E-state index in [2.05, 4.69) is 10.5 Å². The minimum atomic E-state index is -4.78. The first-order chi connectivity index (χ1) is 14.5. The van der Waals surface area contributed by atoms with E-state index in [0.29, 0.717) is 16.7 Å². The molecule has 1 aliphatic heterocycles. The Labute approximate surface area is 192 Å². The van der Waals surface area contributed by atoms with Crippen molar-refractivity contribution in [3.63, 3.8) is 0 Å². The first kappa shape index (κ1) is 23.7. The molecule has 1 aliphatic rings. The summed E-state index contributed by atoms with van der Waals surface area (Å²) in [5.74, 6) is -0.0654. The molecule has 2 aromatic carbocycles. The Morgan fingerprint density at radius 3 is 2.42 bits per heavy atom. The number of benzene rings is 2. The van der Waals surface area contributed by atoms with Gasteiger partial charge >= 0.3 is 6.18 Å². The minimum Gasteiger partial charge on any atom is -0.374 e. The average Bonchev–Trinajstić information content (AvgIpc) is 3.13. The fraction of sp³-hybridized carbons (Fsp3) is 0.333. The van der Waals surface area contributed by atoms with Crippen molar-refractivity contribution in [3.05, 3.63) is 68.7 Å². The molecule has 2 aromatic rings. The maximum Gasteiger partial charge on any atom is 0.435 e. The van der Waals surface area contributed by atoms with Crippen molar-refractivity contribution < 1.29 is 22.8 Å². The van der Waals surface area contributed by atoms with E-state index in [1.165, 1.54) is 18.2 Å². The van der Waals surface area contributed by atoms with E-state index in [0.717, 1.165) is 12.1 Å². The number of nitrogens with zero attached hydrogens (tertiary/aromatic N) is 1. The Morgan fingerprint density at radius 1 is 1.23 bits per heavy atom. The Bertz CT molecular complexity index is 1020. The van der Waals surface area contributed by atoms with Crippen molar-refractivity contribution in [1.82, 2.24) is 5.32 Å². The van der Waals surface area contributed by atoms with Crippen molar-refractivity contribution in [1.29, 1.82) is 0 Å². The van der Waals surface area contributed by atoms with Gasteiger partial charge in [-0.25, -0.2) is 0 Å². The summed E-state index contributed by atoms with van der Waals surface area (Å²) in [5.41, 5.74) is -1.47. The molecule has 0 radical (unpaired) electrons. The van der Waals surface area contributed by atoms with Crippen LogP contribution in [0.25, 0.3) is 0 Å². The molecule has 0 fully saturated rings. The van der Waals surface area contributed by atoms with Crippen molar-refractivity contribution in [2.75, 3.05) is 5.88 Å². The third kappa shape index (κ3) is 4.78. The molecule has 1 amide bonds. The summed E-state index contributed by atoms with van der Waals surface area (Å²) in [6, 6.07) is 8.11. The van der Waals surface area contributed by atoms with Gasteiger partial charge in [-0.15, -0.1) is 11.6 Å². The van der Waals surface area contributed by atoms with E-state index in [1.807, 2.05) is 0 Å². The van der Waals surface area contributed by atoms with Crippen LogP contribution in [0.15, 0.2) is 41.6 Å². The van der Waals surface area contributed by atoms with Gasteiger partial charge in [0.15, 0.2) is 0 Å². The summed E-state index contributed by atoms with van der Waals surface area (Å²) < 4.78 is 42.3. The molecular weight excluding hydrogens is 476 g/mol. The molecule has 0 saturated heterocycles. The van der Waals surface area contributed by atoms with E-state index in [4.69, 9.17) is 39.6 Å². The molecule has 1 N–H and O–H groups in total. The number of nitrogens with one attached hydrogen (secondary N) is 1. The smallest absolute Gasteiger partial charge is 0.374 e. The van der Waals surface area contributed by atoms with Crippen LogP contribution in [0.3, 0.4) is 0 Å². The fourth-order valence-corrected chi connectivity index (χ4v) is 3.89. The van der Waals surface area contributed by atoms with Crippen molar-refractivity contribution in [2.45, 2.75) is 38.1 Å². The highest BCUT2D eigenvalue weighted by Gasteiger charge is 2.62. The number of oxime groups is 1. The second-order valence-corrected chi connectivity index (χ2v) is 8.53. The van der Waals surface area contributed by atoms with Crippen LogP contribution in [0.1, 0.15) is 40.4 Å². The lowest BCUT2D eigenvalue weighted by molar-refractivity contribution is -0.275. The lowest BCUT2D eigenvalue weighted by Gasteiger charge is -2.29. The lowest BCUT2D eigenvalue weighted by atomic mass is 9.86. The van der Waals surface area contributed by atoms with E-state index in [1.54, 1.807) is 19.9 Å². The molecule has 0 aromatic heterocycles. The number of amides is 1. The third-order valence-electron chi connectivity index (χ3n) is 4.93. The molecule has 31 heavy (non-hydrogen) atoms. The molecule has 166 valence electrons. The van der Waals surface area contributed by atoms with Crippen LogP contribution in [0.2, 0.25) is 10.0 Å². The van der Waals surface area contributed by atoms with Gasteiger partial charge in [-0.1, -0.05) is 34.4 Å². The highest BCUT2D eigenvalue weighted by atomic mass is 35.5. The van der Waals surface area contributed by atoms with Crippen LogP contribution in [-0.2, 0) is 10.4 Å². The van der Waals surface area contributed by atoms with Gasteiger partial charge in [-0.3, -0.25) is 4.79 Å². The van der Waals surface area contributed by atoms with Crippen LogP contribution in [0, 0.1) is 6.92 Å². The first-order valence-corrected chi connectivity index (χ1v) is 10.5. The summed E-state index contributed by atoms with van der Waals surface area (Å²) in [6.07, 6.45) is -5.35. The van der Waals surface area contributed by atoms with E-state index in [9.17, 15) is 18.0 Å². The van der Waals surface area contributed by atoms with E-state index >= 15 is 0 Å². The summed E-state index contributed by atoms with van der Waals surface area (Å²) in [7, 11) is 0. The van der Waals surface area contributed by atoms with E-state index < -0.39 is 18.2 Å². The Balaban J connectivity index is 1.92. The number of hydrogen-bond donors (Lipinski definition) is 1. The highest BCUT2D eigenvalue weighted by molar-refractivity contribution is 6.34. The monoisotopic (exact) mass is 492 g/mol. The fourth-order valence-electron chi connectivity index (χ4n) is 3.28. The van der Waals surface area contributed by atoms with Crippen LogP contribution in [0.5, 0.6) is 0 Å². The number of rotatable bonds is 5. The maximum absolute atomic E-state index is 14.1. The third-order valence-corrected chi connectivity index (χ3v) is 5.83. The van der Waals surface area contributed by atoms with Gasteiger partial charge in [0, 0.05) is 39.5 Å². The molecule has 4 nitrogen and oxygen atoms in total. The Morgan fingerprint density at radius 2 is 1.87 bits per heavy atom. The van der Waals surface area contributed by atoms with Gasteiger partial charge in [-0.05, 0) is 55.3 Å². The van der Waals surface area contributed by atoms with Gasteiger partial charge in [0.05, 0.1) is 5.71 Å². The molecule has 2 unspecified atom stereocenters. The van der Waals surface area contributed by atoms with Crippen molar-refractivity contribution in [3.8, 4) is 0 Å². The van der Waals surface area contributed by atoms with Gasteiger partial charge < -0.3 is 10.2 Å². The Hall–Kier alpha value is -1.96. The average molecular weight is 494 g/mol. The summed E-state index contributed by atoms with van der Waals surface area (Å²) >= 11 is 17.6. The number of carbonyl (C=O) groups excluding carboxylic acids is 1. The molecular formula is C21H18Cl3F3N2O2. The van der Waals surface area contributed by atoms with Crippen molar-refractivity contribution in [2.24, 2.45) is 5.16 Å². The van der Waals surface area contributed by atoms with Gasteiger partial charge in [0.1, 0.15) is 0 Å². The Kier molecular flexibility index (Phi) is 6.79. The second-order valence-electron chi connectivity index (χ2n) is 7.35. The summed E-state index contributed by atoms with van der Waals surface area (Å²) in [5, 5.41) is 6.58. The van der Waals surface area contributed by atoms with E-state index in [-0.39, 0.29) is 39.1 Å². The quantitative estimate of drug-likeness (QED) is 0.501. The zero-order valence-electron chi connectivity index (χ0n) is 16.5. The molecule has 3 rings (SSSR count). The number of halogens is 6. The van der Waals surface area contributed by atoms with Crippen LogP contribution in [0.4, 0.5) is 13.2 Å². The number of aryl methyl sites for hydroxylation is 1. The molecule has 0 aliphatic carbocycles. The van der Waals surface area contributed by atoms with Crippen LogP contribution < -0.4 is 5.32 Å². The minimum absolute atomic E-state index is 0.0561. The molecule has 0 spiro atoms. The number of alkyl halides is 4. The summed E-state index contributed by atoms with van der Waals surface area (Å²) in [4.78, 5) is 17.4. The standard InChI is InChI=1S/C21H18Cl3F3N2O2/c1-11-5-13(3-4-17(11)19(30)28-12(2)10-22)18-9-20(31-29-18,21(25,26)27)14-6-15(23)8-16(24)7-14/h3-8,12H,9-10H2,1-2H3,(H,28,30).